The van der Waals surface area contributed by atoms with E-state index < -0.39 is 0 Å². The predicted octanol–water partition coefficient (Wildman–Crippen LogP) is 3.62. The van der Waals surface area contributed by atoms with Crippen molar-refractivity contribution in [3.63, 3.8) is 0 Å². The van der Waals surface area contributed by atoms with Crippen LogP contribution in [-0.2, 0) is 9.59 Å². The van der Waals surface area contributed by atoms with Gasteiger partial charge in [-0.3, -0.25) is 9.59 Å². The summed E-state index contributed by atoms with van der Waals surface area (Å²) in [5, 5.41) is 0. The van der Waals surface area contributed by atoms with Crippen LogP contribution < -0.4 is 0 Å². The highest BCUT2D eigenvalue weighted by Crippen LogP contribution is 2.59. The molecule has 0 spiro atoms. The van der Waals surface area contributed by atoms with Crippen LogP contribution in [0, 0.1) is 23.2 Å². The van der Waals surface area contributed by atoms with Crippen molar-refractivity contribution in [3.8, 4) is 0 Å². The number of rotatable bonds is 0. The number of hydrogen-bond acceptors (Lipinski definition) is 2. The Hall–Kier alpha value is -1.18. The molecule has 0 amide bonds. The van der Waals surface area contributed by atoms with E-state index in [2.05, 4.69) is 13.0 Å². The lowest BCUT2D eigenvalue weighted by Crippen LogP contribution is -2.44. The summed E-state index contributed by atoms with van der Waals surface area (Å²) in [4.78, 5) is 23.8. The molecule has 3 unspecified atom stereocenters. The van der Waals surface area contributed by atoms with Crippen molar-refractivity contribution in [2.24, 2.45) is 23.2 Å². The average molecular weight is 270 g/mol. The number of hydrogen-bond donors (Lipinski definition) is 0. The molecule has 20 heavy (non-hydrogen) atoms. The van der Waals surface area contributed by atoms with E-state index in [1.807, 2.05) is 6.08 Å². The Morgan fingerprint density at radius 2 is 2.00 bits per heavy atom. The summed E-state index contributed by atoms with van der Waals surface area (Å²) in [6.07, 6.45) is 11.0. The summed E-state index contributed by atoms with van der Waals surface area (Å²) >= 11 is 0. The van der Waals surface area contributed by atoms with E-state index in [1.165, 1.54) is 17.6 Å². The normalized spacial score (nSPS) is 43.4. The van der Waals surface area contributed by atoms with Crippen LogP contribution in [0.4, 0.5) is 0 Å². The molecule has 4 aliphatic rings. The van der Waals surface area contributed by atoms with Crippen molar-refractivity contribution in [1.29, 1.82) is 0 Å². The third kappa shape index (κ3) is 1.57. The van der Waals surface area contributed by atoms with Crippen LogP contribution in [-0.4, -0.2) is 11.6 Å². The zero-order chi connectivity index (χ0) is 13.9. The Balaban J connectivity index is 1.68. The van der Waals surface area contributed by atoms with Crippen LogP contribution in [0.5, 0.6) is 0 Å². The molecule has 4 aliphatic carbocycles. The van der Waals surface area contributed by atoms with Gasteiger partial charge in [0.2, 0.25) is 0 Å². The average Bonchev–Trinajstić information content (AvgIpc) is 2.74. The molecule has 0 aliphatic heterocycles. The largest absolute Gasteiger partial charge is 0.299 e. The van der Waals surface area contributed by atoms with Gasteiger partial charge in [0.05, 0.1) is 0 Å². The Morgan fingerprint density at radius 3 is 2.85 bits per heavy atom. The fourth-order valence-corrected chi connectivity index (χ4v) is 5.45. The molecular weight excluding hydrogens is 248 g/mol. The van der Waals surface area contributed by atoms with Gasteiger partial charge >= 0.3 is 0 Å². The summed E-state index contributed by atoms with van der Waals surface area (Å²) in [6, 6.07) is 0. The van der Waals surface area contributed by atoms with E-state index in [0.717, 1.165) is 32.1 Å². The minimum Gasteiger partial charge on any atom is -0.299 e. The van der Waals surface area contributed by atoms with Crippen molar-refractivity contribution in [2.45, 2.75) is 51.9 Å². The first-order valence-corrected chi connectivity index (χ1v) is 8.07. The lowest BCUT2D eigenvalue weighted by Gasteiger charge is -2.49. The molecule has 106 valence electrons. The number of allylic oxidation sites excluding steroid dienone is 4. The predicted molar refractivity (Wildman–Crippen MR) is 77.1 cm³/mol. The van der Waals surface area contributed by atoms with Gasteiger partial charge < -0.3 is 0 Å². The Morgan fingerprint density at radius 1 is 1.15 bits per heavy atom. The first-order valence-electron chi connectivity index (χ1n) is 8.07. The van der Waals surface area contributed by atoms with Crippen molar-refractivity contribution in [3.05, 3.63) is 23.3 Å². The van der Waals surface area contributed by atoms with E-state index in [0.29, 0.717) is 30.0 Å². The maximum atomic E-state index is 12.3. The summed E-state index contributed by atoms with van der Waals surface area (Å²) < 4.78 is 0. The van der Waals surface area contributed by atoms with Gasteiger partial charge in [-0.05, 0) is 67.1 Å². The maximum absolute atomic E-state index is 12.3. The second-order valence-corrected chi connectivity index (χ2v) is 7.33. The number of carbonyl (C=O) groups is 2. The molecule has 4 atom stereocenters. The first kappa shape index (κ1) is 12.6. The molecule has 0 aromatic heterocycles. The van der Waals surface area contributed by atoms with Gasteiger partial charge in [-0.2, -0.15) is 0 Å². The minimum atomic E-state index is -0.0343. The van der Waals surface area contributed by atoms with Gasteiger partial charge in [-0.1, -0.05) is 13.0 Å². The fraction of sp³-hybridized carbons (Fsp3) is 0.667. The van der Waals surface area contributed by atoms with E-state index in [4.69, 9.17) is 0 Å². The monoisotopic (exact) mass is 270 g/mol. The van der Waals surface area contributed by atoms with Crippen molar-refractivity contribution in [1.82, 2.24) is 0 Å². The van der Waals surface area contributed by atoms with Crippen LogP contribution in [0.2, 0.25) is 0 Å². The molecule has 0 bridgehead atoms. The smallest absolute Gasteiger partial charge is 0.159 e. The first-order chi connectivity index (χ1) is 9.59. The van der Waals surface area contributed by atoms with E-state index in [1.54, 1.807) is 0 Å². The Bertz CT molecular complexity index is 554. The number of fused-ring (bicyclic) bond motifs is 5. The highest BCUT2D eigenvalue weighted by Gasteiger charge is 2.55. The maximum Gasteiger partial charge on any atom is 0.159 e. The van der Waals surface area contributed by atoms with Crippen LogP contribution in [0.3, 0.4) is 0 Å². The number of carbonyl (C=O) groups excluding carboxylic acids is 2. The van der Waals surface area contributed by atoms with Crippen LogP contribution in [0.1, 0.15) is 51.9 Å². The molecular formula is C18H22O2. The van der Waals surface area contributed by atoms with Gasteiger partial charge in [-0.15, -0.1) is 0 Å². The third-order valence-electron chi connectivity index (χ3n) is 6.52. The zero-order valence-corrected chi connectivity index (χ0v) is 12.2. The van der Waals surface area contributed by atoms with Crippen molar-refractivity contribution < 1.29 is 9.59 Å². The zero-order valence-electron chi connectivity index (χ0n) is 12.2. The fourth-order valence-electron chi connectivity index (χ4n) is 5.45. The van der Waals surface area contributed by atoms with E-state index >= 15 is 0 Å². The third-order valence-corrected chi connectivity index (χ3v) is 6.52. The van der Waals surface area contributed by atoms with Gasteiger partial charge in [0.25, 0.3) is 0 Å². The quantitative estimate of drug-likeness (QED) is 0.673. The number of ketones is 2. The van der Waals surface area contributed by atoms with E-state index in [-0.39, 0.29) is 11.2 Å². The summed E-state index contributed by atoms with van der Waals surface area (Å²) in [5.41, 5.74) is 2.73. The minimum absolute atomic E-state index is 0.0343. The van der Waals surface area contributed by atoms with Gasteiger partial charge in [0.1, 0.15) is 5.78 Å². The summed E-state index contributed by atoms with van der Waals surface area (Å²) in [7, 11) is 0. The van der Waals surface area contributed by atoms with Gasteiger partial charge in [0.15, 0.2) is 5.78 Å². The molecule has 0 saturated heterocycles. The summed E-state index contributed by atoms with van der Waals surface area (Å²) in [6.45, 7) is 2.22. The van der Waals surface area contributed by atoms with Gasteiger partial charge in [0, 0.05) is 18.3 Å². The SMILES string of the molecule is C[C@@]12CCC3C4=CCC(=O)C=C4CCC3C1CCC2=O. The molecule has 3 saturated carbocycles. The van der Waals surface area contributed by atoms with Crippen molar-refractivity contribution in [2.75, 3.05) is 0 Å². The molecule has 2 nitrogen and oxygen atoms in total. The second kappa shape index (κ2) is 4.16. The molecule has 0 aromatic rings. The topological polar surface area (TPSA) is 34.1 Å². The molecule has 3 fully saturated rings. The van der Waals surface area contributed by atoms with Crippen LogP contribution in [0.25, 0.3) is 0 Å². The molecule has 0 aromatic carbocycles. The Kier molecular flexibility index (Phi) is 2.61. The van der Waals surface area contributed by atoms with E-state index in [9.17, 15) is 9.59 Å². The van der Waals surface area contributed by atoms with Crippen LogP contribution >= 0.6 is 0 Å². The standard InChI is InChI=1S/C18H22O2/c1-18-9-8-14-13-5-3-12(19)10-11(13)2-4-15(14)16(18)6-7-17(18)20/h5,10,14-16H,2-4,6-9H2,1H3/t14?,15?,16?,18-/m1/s1. The molecule has 4 rings (SSSR count). The molecule has 0 radical (unpaired) electrons. The summed E-state index contributed by atoms with van der Waals surface area (Å²) in [5.74, 6) is 2.66. The lowest BCUT2D eigenvalue weighted by molar-refractivity contribution is -0.129. The Labute approximate surface area is 120 Å². The number of Topliss-reactive ketones (excluding diaryl/α,β-unsaturated/α-hetero) is 1. The second-order valence-electron chi connectivity index (χ2n) is 7.33. The highest BCUT2D eigenvalue weighted by atomic mass is 16.1. The molecule has 2 heteroatoms. The highest BCUT2D eigenvalue weighted by molar-refractivity contribution is 5.94. The lowest BCUT2D eigenvalue weighted by atomic mass is 9.54. The van der Waals surface area contributed by atoms with Gasteiger partial charge in [-0.25, -0.2) is 0 Å². The molecule has 0 heterocycles. The van der Waals surface area contributed by atoms with Crippen molar-refractivity contribution >= 4 is 11.6 Å². The molecule has 0 N–H and O–H groups in total. The van der Waals surface area contributed by atoms with Crippen LogP contribution in [0.15, 0.2) is 23.3 Å².